The first kappa shape index (κ1) is 20.1. The molecule has 3 rings (SSSR count). The zero-order chi connectivity index (χ0) is 19.4. The second kappa shape index (κ2) is 8.58. The number of alkyl halides is 3. The number of quaternary nitrogens is 2. The summed E-state index contributed by atoms with van der Waals surface area (Å²) in [6, 6.07) is 4.33. The highest BCUT2D eigenvalue weighted by Crippen LogP contribution is 2.29. The van der Waals surface area contributed by atoms with Gasteiger partial charge in [0.25, 0.3) is 5.91 Å². The lowest BCUT2D eigenvalue weighted by Crippen LogP contribution is -3.30. The van der Waals surface area contributed by atoms with Crippen LogP contribution in [0, 0.1) is 0 Å². The molecule has 2 aliphatic rings. The van der Waals surface area contributed by atoms with Crippen LogP contribution in [0.15, 0.2) is 24.3 Å². The smallest absolute Gasteiger partial charge is 0.372 e. The van der Waals surface area contributed by atoms with Crippen molar-refractivity contribution in [2.24, 2.45) is 0 Å². The van der Waals surface area contributed by atoms with Crippen LogP contribution in [0.4, 0.5) is 18.9 Å². The molecule has 0 unspecified atom stereocenters. The zero-order valence-electron chi connectivity index (χ0n) is 15.6. The Morgan fingerprint density at radius 2 is 1.89 bits per heavy atom. The summed E-state index contributed by atoms with van der Waals surface area (Å²) in [6.45, 7) is 7.61. The monoisotopic (exact) mass is 387 g/mol. The maximum absolute atomic E-state index is 12.6. The molecular formula is C19H28F3N3O2+2. The Morgan fingerprint density at radius 3 is 2.44 bits per heavy atom. The Balaban J connectivity index is 1.46. The molecule has 27 heavy (non-hydrogen) atoms. The van der Waals surface area contributed by atoms with Crippen LogP contribution >= 0.6 is 0 Å². The van der Waals surface area contributed by atoms with Crippen molar-refractivity contribution in [3.63, 3.8) is 0 Å². The minimum Gasteiger partial charge on any atom is -0.372 e. The average molecular weight is 387 g/mol. The summed E-state index contributed by atoms with van der Waals surface area (Å²) in [7, 11) is 0. The number of rotatable bonds is 5. The second-order valence-corrected chi connectivity index (χ2v) is 7.53. The fraction of sp³-hybridized carbons (Fsp3) is 0.632. The van der Waals surface area contributed by atoms with E-state index in [2.05, 4.69) is 5.32 Å². The number of benzene rings is 1. The largest absolute Gasteiger partial charge is 0.416 e. The van der Waals surface area contributed by atoms with E-state index in [4.69, 9.17) is 4.74 Å². The molecule has 2 atom stereocenters. The summed E-state index contributed by atoms with van der Waals surface area (Å²) in [5, 5.41) is 2.73. The van der Waals surface area contributed by atoms with Crippen molar-refractivity contribution in [1.29, 1.82) is 0 Å². The molecule has 8 heteroatoms. The number of ether oxygens (including phenoxy) is 1. The number of piperazine rings is 1. The molecule has 2 saturated heterocycles. The van der Waals surface area contributed by atoms with E-state index in [0.29, 0.717) is 11.8 Å². The van der Waals surface area contributed by atoms with Crippen molar-refractivity contribution in [2.75, 3.05) is 44.6 Å². The minimum absolute atomic E-state index is 0.160. The van der Waals surface area contributed by atoms with Gasteiger partial charge in [-0.3, -0.25) is 4.79 Å². The summed E-state index contributed by atoms with van der Waals surface area (Å²) >= 11 is 0. The molecule has 0 aliphatic carbocycles. The predicted octanol–water partition coefficient (Wildman–Crippen LogP) is -0.00520. The van der Waals surface area contributed by atoms with E-state index in [1.807, 2.05) is 6.92 Å². The van der Waals surface area contributed by atoms with Gasteiger partial charge in [-0.25, -0.2) is 0 Å². The van der Waals surface area contributed by atoms with Crippen LogP contribution in [0.3, 0.4) is 0 Å². The Morgan fingerprint density at radius 1 is 1.22 bits per heavy atom. The molecule has 5 nitrogen and oxygen atoms in total. The third-order valence-electron chi connectivity index (χ3n) is 5.63. The molecule has 1 aromatic rings. The lowest BCUT2D eigenvalue weighted by atomic mass is 10.1. The van der Waals surface area contributed by atoms with Crippen molar-refractivity contribution < 1.29 is 32.5 Å². The van der Waals surface area contributed by atoms with E-state index < -0.39 is 11.7 Å². The predicted molar refractivity (Wildman–Crippen MR) is 94.8 cm³/mol. The Kier molecular flexibility index (Phi) is 6.39. The average Bonchev–Trinajstić information content (AvgIpc) is 3.14. The third-order valence-corrected chi connectivity index (χ3v) is 5.63. The van der Waals surface area contributed by atoms with E-state index >= 15 is 0 Å². The third kappa shape index (κ3) is 5.43. The van der Waals surface area contributed by atoms with Gasteiger partial charge in [0, 0.05) is 12.3 Å². The molecule has 2 fully saturated rings. The van der Waals surface area contributed by atoms with Crippen molar-refractivity contribution in [3.8, 4) is 0 Å². The van der Waals surface area contributed by atoms with Gasteiger partial charge >= 0.3 is 6.18 Å². The molecule has 0 radical (unpaired) electrons. The van der Waals surface area contributed by atoms with E-state index in [-0.39, 0.29) is 11.9 Å². The molecule has 0 bridgehead atoms. The van der Waals surface area contributed by atoms with Gasteiger partial charge < -0.3 is 19.9 Å². The SMILES string of the molecule is C[C@@H](C(=O)Nc1ccc(C(F)(F)F)cc1)[NH+]1CC[NH+](C[C@@H]2CCCO2)CC1. The van der Waals surface area contributed by atoms with Gasteiger partial charge in [0.15, 0.2) is 6.04 Å². The van der Waals surface area contributed by atoms with Gasteiger partial charge in [0.05, 0.1) is 5.56 Å². The molecule has 2 heterocycles. The number of hydrogen-bond acceptors (Lipinski definition) is 2. The lowest BCUT2D eigenvalue weighted by Gasteiger charge is -2.33. The number of halogens is 3. The Labute approximate surface area is 157 Å². The van der Waals surface area contributed by atoms with Gasteiger partial charge in [-0.15, -0.1) is 0 Å². The van der Waals surface area contributed by atoms with Crippen LogP contribution < -0.4 is 15.1 Å². The maximum Gasteiger partial charge on any atom is 0.416 e. The van der Waals surface area contributed by atoms with E-state index in [1.54, 1.807) is 0 Å². The first-order valence-corrected chi connectivity index (χ1v) is 9.61. The van der Waals surface area contributed by atoms with Crippen LogP contribution in [0.1, 0.15) is 25.3 Å². The summed E-state index contributed by atoms with van der Waals surface area (Å²) in [6.07, 6.45) is -1.70. The highest BCUT2D eigenvalue weighted by atomic mass is 19.4. The summed E-state index contributed by atoms with van der Waals surface area (Å²) < 4.78 is 43.5. The Hall–Kier alpha value is -1.64. The van der Waals surface area contributed by atoms with Crippen LogP contribution in [-0.4, -0.2) is 57.4 Å². The summed E-state index contributed by atoms with van der Waals surface area (Å²) in [5.41, 5.74) is -0.327. The molecule has 2 aliphatic heterocycles. The molecule has 0 saturated carbocycles. The number of carbonyl (C=O) groups excluding carboxylic acids is 1. The van der Waals surface area contributed by atoms with Gasteiger partial charge in [0.2, 0.25) is 0 Å². The van der Waals surface area contributed by atoms with Gasteiger partial charge in [-0.05, 0) is 44.0 Å². The van der Waals surface area contributed by atoms with Gasteiger partial charge in [-0.2, -0.15) is 13.2 Å². The molecule has 1 aromatic carbocycles. The quantitative estimate of drug-likeness (QED) is 0.666. The van der Waals surface area contributed by atoms with Crippen molar-refractivity contribution in [1.82, 2.24) is 0 Å². The van der Waals surface area contributed by atoms with Gasteiger partial charge in [0.1, 0.15) is 38.8 Å². The number of anilines is 1. The minimum atomic E-state index is -4.37. The van der Waals surface area contributed by atoms with E-state index in [1.165, 1.54) is 21.9 Å². The number of hydrogen-bond donors (Lipinski definition) is 3. The summed E-state index contributed by atoms with van der Waals surface area (Å²) in [4.78, 5) is 15.2. The normalized spacial score (nSPS) is 27.3. The molecule has 3 N–H and O–H groups in total. The number of amides is 1. The molecular weight excluding hydrogens is 359 g/mol. The molecule has 0 spiro atoms. The van der Waals surface area contributed by atoms with Crippen molar-refractivity contribution in [2.45, 2.75) is 38.1 Å². The molecule has 0 aromatic heterocycles. The fourth-order valence-corrected chi connectivity index (χ4v) is 3.87. The lowest BCUT2D eigenvalue weighted by molar-refractivity contribution is -1.02. The van der Waals surface area contributed by atoms with Gasteiger partial charge in [-0.1, -0.05) is 0 Å². The first-order valence-electron chi connectivity index (χ1n) is 9.61. The highest BCUT2D eigenvalue weighted by molar-refractivity contribution is 5.93. The Bertz CT molecular complexity index is 622. The van der Waals surface area contributed by atoms with Crippen molar-refractivity contribution in [3.05, 3.63) is 29.8 Å². The standard InChI is InChI=1S/C19H26F3N3O2/c1-14(18(26)23-16-6-4-15(5-7-16)19(20,21)22)25-10-8-24(9-11-25)13-17-3-2-12-27-17/h4-7,14,17H,2-3,8-13H2,1H3,(H,23,26)/p+2/t14-,17-/m0/s1. The topological polar surface area (TPSA) is 47.2 Å². The van der Waals surface area contributed by atoms with Crippen LogP contribution in [-0.2, 0) is 15.7 Å². The van der Waals surface area contributed by atoms with E-state index in [0.717, 1.165) is 64.3 Å². The summed E-state index contributed by atoms with van der Waals surface area (Å²) in [5.74, 6) is -0.160. The first-order chi connectivity index (χ1) is 12.8. The molecule has 150 valence electrons. The van der Waals surface area contributed by atoms with E-state index in [9.17, 15) is 18.0 Å². The number of carbonyl (C=O) groups is 1. The zero-order valence-corrected chi connectivity index (χ0v) is 15.6. The maximum atomic E-state index is 12.6. The number of nitrogens with one attached hydrogen (secondary N) is 3. The van der Waals surface area contributed by atoms with Crippen molar-refractivity contribution >= 4 is 11.6 Å². The molecule has 1 amide bonds. The second-order valence-electron chi connectivity index (χ2n) is 7.53. The van der Waals surface area contributed by atoms with Crippen LogP contribution in [0.2, 0.25) is 0 Å². The fourth-order valence-electron chi connectivity index (χ4n) is 3.87. The van der Waals surface area contributed by atoms with Crippen LogP contribution in [0.5, 0.6) is 0 Å². The highest BCUT2D eigenvalue weighted by Gasteiger charge is 2.33. The van der Waals surface area contributed by atoms with Crippen LogP contribution in [0.25, 0.3) is 0 Å².